The molecule has 1 aromatic rings. The van der Waals surface area contributed by atoms with Crippen LogP contribution in [-0.2, 0) is 0 Å². The summed E-state index contributed by atoms with van der Waals surface area (Å²) >= 11 is 0. The summed E-state index contributed by atoms with van der Waals surface area (Å²) in [4.78, 5) is 0. The van der Waals surface area contributed by atoms with E-state index in [1.165, 1.54) is 32.1 Å². The number of aliphatic hydroxyl groups excluding tert-OH is 1. The minimum atomic E-state index is -0.585. The molecule has 0 aromatic heterocycles. The van der Waals surface area contributed by atoms with E-state index < -0.39 is 6.10 Å². The first-order valence-electron chi connectivity index (χ1n) is 7.85. The largest absolute Gasteiger partial charge is 0.497 e. The fraction of sp³-hybridized carbons (Fsp3) is 0.647. The summed E-state index contributed by atoms with van der Waals surface area (Å²) in [6.45, 7) is 1.50. The van der Waals surface area contributed by atoms with Gasteiger partial charge in [-0.15, -0.1) is 0 Å². The Bertz CT molecular complexity index is 430. The summed E-state index contributed by atoms with van der Waals surface area (Å²) in [5.41, 5.74) is 0.769. The van der Waals surface area contributed by atoms with E-state index in [-0.39, 0.29) is 0 Å². The Morgan fingerprint density at radius 1 is 1.24 bits per heavy atom. The lowest BCUT2D eigenvalue weighted by molar-refractivity contribution is 0.169. The highest BCUT2D eigenvalue weighted by molar-refractivity contribution is 5.41. The predicted molar refractivity (Wildman–Crippen MR) is 84.0 cm³/mol. The monoisotopic (exact) mass is 293 g/mol. The predicted octanol–water partition coefficient (Wildman–Crippen LogP) is 2.91. The van der Waals surface area contributed by atoms with Crippen LogP contribution in [0.5, 0.6) is 11.5 Å². The van der Waals surface area contributed by atoms with E-state index in [2.05, 4.69) is 5.32 Å². The number of nitrogens with one attached hydrogen (secondary N) is 1. The topological polar surface area (TPSA) is 50.7 Å². The number of hydrogen-bond acceptors (Lipinski definition) is 4. The first-order valence-corrected chi connectivity index (χ1v) is 7.85. The van der Waals surface area contributed by atoms with Crippen LogP contribution in [0.1, 0.15) is 43.8 Å². The molecule has 1 aliphatic rings. The highest BCUT2D eigenvalue weighted by Crippen LogP contribution is 2.29. The van der Waals surface area contributed by atoms with Crippen LogP contribution in [0.15, 0.2) is 18.2 Å². The van der Waals surface area contributed by atoms with Gasteiger partial charge in [-0.05, 0) is 37.1 Å². The maximum atomic E-state index is 10.3. The molecule has 2 N–H and O–H groups in total. The highest BCUT2D eigenvalue weighted by Gasteiger charge is 2.16. The van der Waals surface area contributed by atoms with E-state index in [0.29, 0.717) is 12.3 Å². The molecule has 1 fully saturated rings. The molecule has 0 radical (unpaired) electrons. The molecule has 0 bridgehead atoms. The molecule has 4 nitrogen and oxygen atoms in total. The molecule has 2 rings (SSSR count). The van der Waals surface area contributed by atoms with Gasteiger partial charge in [-0.3, -0.25) is 0 Å². The fourth-order valence-electron chi connectivity index (χ4n) is 3.05. The van der Waals surface area contributed by atoms with Crippen molar-refractivity contribution in [3.63, 3.8) is 0 Å². The lowest BCUT2D eigenvalue weighted by Crippen LogP contribution is -2.24. The molecule has 0 saturated heterocycles. The van der Waals surface area contributed by atoms with E-state index in [4.69, 9.17) is 9.47 Å². The minimum Gasteiger partial charge on any atom is -0.497 e. The maximum Gasteiger partial charge on any atom is 0.124 e. The molecule has 0 spiro atoms. The van der Waals surface area contributed by atoms with Crippen molar-refractivity contribution in [3.8, 4) is 11.5 Å². The van der Waals surface area contributed by atoms with E-state index in [1.54, 1.807) is 14.2 Å². The van der Waals surface area contributed by atoms with Gasteiger partial charge in [0.25, 0.3) is 0 Å². The third-order valence-electron chi connectivity index (χ3n) is 4.34. The molecular formula is C17H27NO3. The van der Waals surface area contributed by atoms with Crippen molar-refractivity contribution < 1.29 is 14.6 Å². The smallest absolute Gasteiger partial charge is 0.124 e. The van der Waals surface area contributed by atoms with Gasteiger partial charge in [-0.25, -0.2) is 0 Å². The quantitative estimate of drug-likeness (QED) is 0.724. The van der Waals surface area contributed by atoms with E-state index in [0.717, 1.165) is 23.8 Å². The molecule has 4 heteroatoms. The van der Waals surface area contributed by atoms with Crippen LogP contribution in [0.25, 0.3) is 0 Å². The molecule has 1 aromatic carbocycles. The minimum absolute atomic E-state index is 0.538. The number of benzene rings is 1. The van der Waals surface area contributed by atoms with Gasteiger partial charge in [0.15, 0.2) is 0 Å². The van der Waals surface area contributed by atoms with Crippen molar-refractivity contribution in [1.82, 2.24) is 5.32 Å². The summed E-state index contributed by atoms with van der Waals surface area (Å²) in [7, 11) is 3.24. The van der Waals surface area contributed by atoms with Gasteiger partial charge < -0.3 is 19.9 Å². The van der Waals surface area contributed by atoms with Gasteiger partial charge in [0.2, 0.25) is 0 Å². The SMILES string of the molecule is COc1ccc(OC)c(C(O)CNCCC2CCCC2)c1. The zero-order valence-electron chi connectivity index (χ0n) is 13.1. The van der Waals surface area contributed by atoms with E-state index in [1.807, 2.05) is 18.2 Å². The molecule has 118 valence electrons. The van der Waals surface area contributed by atoms with Crippen molar-refractivity contribution in [1.29, 1.82) is 0 Å². The molecule has 1 atom stereocenters. The Morgan fingerprint density at radius 2 is 2.00 bits per heavy atom. The molecule has 0 amide bonds. The van der Waals surface area contributed by atoms with Crippen molar-refractivity contribution >= 4 is 0 Å². The Kier molecular flexibility index (Phi) is 6.33. The van der Waals surface area contributed by atoms with Gasteiger partial charge in [-0.2, -0.15) is 0 Å². The second-order valence-corrected chi connectivity index (χ2v) is 5.77. The van der Waals surface area contributed by atoms with Gasteiger partial charge in [-0.1, -0.05) is 25.7 Å². The normalized spacial score (nSPS) is 16.9. The molecule has 1 aliphatic carbocycles. The molecule has 21 heavy (non-hydrogen) atoms. The maximum absolute atomic E-state index is 10.3. The van der Waals surface area contributed by atoms with E-state index >= 15 is 0 Å². The molecule has 1 unspecified atom stereocenters. The van der Waals surface area contributed by atoms with Crippen LogP contribution in [0.2, 0.25) is 0 Å². The van der Waals surface area contributed by atoms with Crippen LogP contribution >= 0.6 is 0 Å². The number of methoxy groups -OCH3 is 2. The first kappa shape index (κ1) is 16.1. The lowest BCUT2D eigenvalue weighted by Gasteiger charge is -2.17. The van der Waals surface area contributed by atoms with Gasteiger partial charge >= 0.3 is 0 Å². The van der Waals surface area contributed by atoms with Crippen molar-refractivity contribution in [2.45, 2.75) is 38.2 Å². The molecular weight excluding hydrogens is 266 g/mol. The summed E-state index contributed by atoms with van der Waals surface area (Å²) in [5.74, 6) is 2.30. The average Bonchev–Trinajstić information content (AvgIpc) is 3.04. The third kappa shape index (κ3) is 4.61. The zero-order chi connectivity index (χ0) is 15.1. The average molecular weight is 293 g/mol. The summed E-state index contributed by atoms with van der Waals surface area (Å²) < 4.78 is 10.5. The Hall–Kier alpha value is -1.26. The molecule has 0 aliphatic heterocycles. The fourth-order valence-corrected chi connectivity index (χ4v) is 3.05. The van der Waals surface area contributed by atoms with Gasteiger partial charge in [0, 0.05) is 12.1 Å². The number of ether oxygens (including phenoxy) is 2. The molecule has 0 heterocycles. The Balaban J connectivity index is 1.82. The third-order valence-corrected chi connectivity index (χ3v) is 4.34. The van der Waals surface area contributed by atoms with Crippen molar-refractivity contribution in [2.24, 2.45) is 5.92 Å². The van der Waals surface area contributed by atoms with Crippen LogP contribution in [0, 0.1) is 5.92 Å². The van der Waals surface area contributed by atoms with Crippen LogP contribution in [0.4, 0.5) is 0 Å². The van der Waals surface area contributed by atoms with Crippen molar-refractivity contribution in [2.75, 3.05) is 27.3 Å². The van der Waals surface area contributed by atoms with Gasteiger partial charge in [0.05, 0.1) is 20.3 Å². The highest BCUT2D eigenvalue weighted by atomic mass is 16.5. The lowest BCUT2D eigenvalue weighted by atomic mass is 10.0. The van der Waals surface area contributed by atoms with Crippen molar-refractivity contribution in [3.05, 3.63) is 23.8 Å². The second-order valence-electron chi connectivity index (χ2n) is 5.77. The number of hydrogen-bond donors (Lipinski definition) is 2. The summed E-state index contributed by atoms with van der Waals surface area (Å²) in [6, 6.07) is 5.50. The van der Waals surface area contributed by atoms with Crippen LogP contribution in [0.3, 0.4) is 0 Å². The summed E-state index contributed by atoms with van der Waals surface area (Å²) in [6.07, 6.45) is 6.13. The van der Waals surface area contributed by atoms with E-state index in [9.17, 15) is 5.11 Å². The standard InChI is InChI=1S/C17H27NO3/c1-20-14-7-8-17(21-2)15(11-14)16(19)12-18-10-9-13-5-3-4-6-13/h7-8,11,13,16,18-19H,3-6,9-10,12H2,1-2H3. The number of aliphatic hydroxyl groups is 1. The van der Waals surface area contributed by atoms with Gasteiger partial charge in [0.1, 0.15) is 11.5 Å². The molecule has 1 saturated carbocycles. The first-order chi connectivity index (χ1) is 10.2. The second kappa shape index (κ2) is 8.25. The van der Waals surface area contributed by atoms with Crippen LogP contribution in [-0.4, -0.2) is 32.4 Å². The summed E-state index contributed by atoms with van der Waals surface area (Å²) in [5, 5.41) is 13.7. The Morgan fingerprint density at radius 3 is 2.67 bits per heavy atom. The zero-order valence-corrected chi connectivity index (χ0v) is 13.1. The van der Waals surface area contributed by atoms with Crippen LogP contribution < -0.4 is 14.8 Å². The Labute approximate surface area is 127 Å². The number of rotatable bonds is 8.